The molecule has 1 saturated heterocycles. The molecule has 0 aliphatic carbocycles. The van der Waals surface area contributed by atoms with Crippen LogP contribution in [0, 0.1) is 12.7 Å². The third kappa shape index (κ3) is 3.00. The summed E-state index contributed by atoms with van der Waals surface area (Å²) in [4.78, 5) is 0. The van der Waals surface area contributed by atoms with Crippen molar-refractivity contribution in [2.45, 2.75) is 25.0 Å². The van der Waals surface area contributed by atoms with Crippen molar-refractivity contribution in [1.29, 1.82) is 0 Å². The lowest BCUT2D eigenvalue weighted by Crippen LogP contribution is -2.41. The molecule has 0 amide bonds. The Hall–Kier alpha value is -1.14. The van der Waals surface area contributed by atoms with Gasteiger partial charge in [-0.15, -0.1) is 0 Å². The van der Waals surface area contributed by atoms with Crippen LogP contribution in [0.4, 0.5) is 10.1 Å². The van der Waals surface area contributed by atoms with E-state index in [2.05, 4.69) is 10.0 Å². The van der Waals surface area contributed by atoms with Crippen LogP contribution < -0.4 is 10.0 Å². The van der Waals surface area contributed by atoms with Gasteiger partial charge in [0.1, 0.15) is 5.82 Å². The molecule has 1 aromatic rings. The summed E-state index contributed by atoms with van der Waals surface area (Å²) >= 11 is 0. The molecular weight excluding hydrogens is 255 g/mol. The zero-order chi connectivity index (χ0) is 13.2. The van der Waals surface area contributed by atoms with Crippen LogP contribution in [0.5, 0.6) is 0 Å². The monoisotopic (exact) mass is 272 g/mol. The zero-order valence-electron chi connectivity index (χ0n) is 10.2. The summed E-state index contributed by atoms with van der Waals surface area (Å²) in [5.41, 5.74) is 1.03. The van der Waals surface area contributed by atoms with Gasteiger partial charge in [0, 0.05) is 6.54 Å². The van der Waals surface area contributed by atoms with Crippen LogP contribution in [0.2, 0.25) is 0 Å². The molecule has 1 unspecified atom stereocenters. The van der Waals surface area contributed by atoms with E-state index >= 15 is 0 Å². The molecule has 1 atom stereocenters. The Labute approximate surface area is 107 Å². The topological polar surface area (TPSA) is 58.2 Å². The van der Waals surface area contributed by atoms with Gasteiger partial charge in [0.15, 0.2) is 0 Å². The quantitative estimate of drug-likeness (QED) is 0.879. The van der Waals surface area contributed by atoms with Crippen LogP contribution >= 0.6 is 0 Å². The molecule has 0 radical (unpaired) electrons. The number of hydrogen-bond acceptors (Lipinski definition) is 3. The molecule has 0 aromatic heterocycles. The van der Waals surface area contributed by atoms with Crippen molar-refractivity contribution in [3.8, 4) is 0 Å². The van der Waals surface area contributed by atoms with Crippen LogP contribution in [0.3, 0.4) is 0 Å². The fourth-order valence-electron chi connectivity index (χ4n) is 2.06. The predicted molar refractivity (Wildman–Crippen MR) is 69.6 cm³/mol. The molecule has 1 aliphatic heterocycles. The van der Waals surface area contributed by atoms with E-state index in [0.29, 0.717) is 24.2 Å². The van der Waals surface area contributed by atoms with Crippen LogP contribution in [0.15, 0.2) is 18.2 Å². The van der Waals surface area contributed by atoms with Gasteiger partial charge in [-0.05, 0) is 50.1 Å². The minimum Gasteiger partial charge on any atom is -0.315 e. The lowest BCUT2D eigenvalue weighted by atomic mass is 10.2. The summed E-state index contributed by atoms with van der Waals surface area (Å²) in [6.07, 6.45) is 1.51. The molecule has 2 N–H and O–H groups in total. The maximum absolute atomic E-state index is 12.9. The molecule has 1 aromatic carbocycles. The summed E-state index contributed by atoms with van der Waals surface area (Å²) < 4.78 is 39.8. The van der Waals surface area contributed by atoms with Gasteiger partial charge in [0.25, 0.3) is 0 Å². The summed E-state index contributed by atoms with van der Waals surface area (Å²) in [5, 5.41) is 2.65. The van der Waals surface area contributed by atoms with Gasteiger partial charge < -0.3 is 5.32 Å². The highest BCUT2D eigenvalue weighted by Crippen LogP contribution is 2.20. The van der Waals surface area contributed by atoms with Crippen molar-refractivity contribution >= 4 is 15.7 Å². The van der Waals surface area contributed by atoms with Crippen LogP contribution in [0.1, 0.15) is 18.4 Å². The molecular formula is C12H17FN2O2S. The number of benzene rings is 1. The van der Waals surface area contributed by atoms with Gasteiger partial charge in [-0.3, -0.25) is 4.72 Å². The minimum atomic E-state index is -3.41. The maximum atomic E-state index is 12.9. The van der Waals surface area contributed by atoms with Gasteiger partial charge in [0.05, 0.1) is 10.9 Å². The summed E-state index contributed by atoms with van der Waals surface area (Å²) in [6, 6.07) is 4.03. The van der Waals surface area contributed by atoms with Crippen molar-refractivity contribution in [2.75, 3.05) is 17.8 Å². The number of sulfonamides is 1. The third-order valence-electron chi connectivity index (χ3n) is 3.13. The second-order valence-corrected chi connectivity index (χ2v) is 6.54. The Morgan fingerprint density at radius 2 is 2.22 bits per heavy atom. The van der Waals surface area contributed by atoms with Crippen molar-refractivity contribution in [2.24, 2.45) is 0 Å². The first kappa shape index (κ1) is 13.3. The highest BCUT2D eigenvalue weighted by Gasteiger charge is 2.27. The number of halogens is 1. The van der Waals surface area contributed by atoms with E-state index in [-0.39, 0.29) is 5.82 Å². The molecule has 4 nitrogen and oxygen atoms in total. The van der Waals surface area contributed by atoms with E-state index in [1.165, 1.54) is 18.2 Å². The molecule has 0 bridgehead atoms. The van der Waals surface area contributed by atoms with Gasteiger partial charge in [0.2, 0.25) is 10.0 Å². The fraction of sp³-hybridized carbons (Fsp3) is 0.500. The van der Waals surface area contributed by atoms with Crippen LogP contribution in [0.25, 0.3) is 0 Å². The number of aryl methyl sites for hydroxylation is 1. The Kier molecular flexibility index (Phi) is 3.87. The first-order chi connectivity index (χ1) is 8.49. The first-order valence-corrected chi connectivity index (χ1v) is 7.52. The normalized spacial score (nSPS) is 20.7. The number of piperidine rings is 1. The van der Waals surface area contributed by atoms with Crippen molar-refractivity contribution in [1.82, 2.24) is 5.32 Å². The lowest BCUT2D eigenvalue weighted by molar-refractivity contribution is 0.499. The third-order valence-corrected chi connectivity index (χ3v) is 4.92. The largest absolute Gasteiger partial charge is 0.315 e. The molecule has 18 heavy (non-hydrogen) atoms. The van der Waals surface area contributed by atoms with Gasteiger partial charge in [-0.2, -0.15) is 0 Å². The minimum absolute atomic E-state index is 0.366. The molecule has 1 fully saturated rings. The van der Waals surface area contributed by atoms with E-state index in [0.717, 1.165) is 13.0 Å². The van der Waals surface area contributed by atoms with Gasteiger partial charge in [-0.25, -0.2) is 12.8 Å². The van der Waals surface area contributed by atoms with E-state index in [1.54, 1.807) is 6.92 Å². The Morgan fingerprint density at radius 3 is 2.83 bits per heavy atom. The lowest BCUT2D eigenvalue weighted by Gasteiger charge is -2.23. The molecule has 2 rings (SSSR count). The molecule has 1 aliphatic rings. The maximum Gasteiger partial charge on any atom is 0.236 e. The Balaban J connectivity index is 2.16. The van der Waals surface area contributed by atoms with E-state index in [9.17, 15) is 12.8 Å². The second-order valence-electron chi connectivity index (χ2n) is 4.57. The van der Waals surface area contributed by atoms with Crippen LogP contribution in [-0.4, -0.2) is 26.8 Å². The van der Waals surface area contributed by atoms with Gasteiger partial charge >= 0.3 is 0 Å². The van der Waals surface area contributed by atoms with E-state index in [4.69, 9.17) is 0 Å². The van der Waals surface area contributed by atoms with E-state index < -0.39 is 15.3 Å². The molecule has 1 heterocycles. The zero-order valence-corrected chi connectivity index (χ0v) is 11.1. The average Bonchev–Trinajstić information content (AvgIpc) is 2.34. The van der Waals surface area contributed by atoms with Crippen LogP contribution in [-0.2, 0) is 10.0 Å². The summed E-state index contributed by atoms with van der Waals surface area (Å²) in [5.74, 6) is -0.366. The van der Waals surface area contributed by atoms with Gasteiger partial charge in [-0.1, -0.05) is 0 Å². The Morgan fingerprint density at radius 1 is 1.44 bits per heavy atom. The highest BCUT2D eigenvalue weighted by molar-refractivity contribution is 7.93. The molecule has 6 heteroatoms. The molecule has 100 valence electrons. The first-order valence-electron chi connectivity index (χ1n) is 5.97. The predicted octanol–water partition coefficient (Wildman–Crippen LogP) is 1.63. The average molecular weight is 272 g/mol. The SMILES string of the molecule is Cc1cc(F)ccc1NS(=O)(=O)C1CCCNC1. The number of hydrogen-bond donors (Lipinski definition) is 2. The fourth-order valence-corrected chi connectivity index (χ4v) is 3.58. The van der Waals surface area contributed by atoms with Crippen molar-refractivity contribution in [3.05, 3.63) is 29.6 Å². The number of anilines is 1. The Bertz CT molecular complexity index is 525. The second kappa shape index (κ2) is 5.24. The number of rotatable bonds is 3. The number of nitrogens with one attached hydrogen (secondary N) is 2. The summed E-state index contributed by atoms with van der Waals surface area (Å²) in [6.45, 7) is 3.01. The molecule has 0 saturated carbocycles. The smallest absolute Gasteiger partial charge is 0.236 e. The highest BCUT2D eigenvalue weighted by atomic mass is 32.2. The standard InChI is InChI=1S/C12H17FN2O2S/c1-9-7-10(13)4-5-12(9)15-18(16,17)11-3-2-6-14-8-11/h4-5,7,11,14-15H,2-3,6,8H2,1H3. The van der Waals surface area contributed by atoms with E-state index in [1.807, 2.05) is 0 Å². The van der Waals surface area contributed by atoms with Crippen molar-refractivity contribution in [3.63, 3.8) is 0 Å². The van der Waals surface area contributed by atoms with Crippen molar-refractivity contribution < 1.29 is 12.8 Å². The summed E-state index contributed by atoms with van der Waals surface area (Å²) in [7, 11) is -3.41. The molecule has 0 spiro atoms.